The van der Waals surface area contributed by atoms with E-state index < -0.39 is 0 Å². The van der Waals surface area contributed by atoms with E-state index in [9.17, 15) is 0 Å². The molecule has 1 aromatic heterocycles. The zero-order chi connectivity index (χ0) is 10.9. The number of nitrogens with zero attached hydrogens (tertiary/aromatic N) is 2. The molecule has 0 saturated heterocycles. The molecule has 0 spiro atoms. The standard InChI is InChI=1S/C11H19N3O/c12-5-8-14(7-3-9-15)10-11-4-1-2-6-13-11/h1-2,4,6,15H,3,5,7-10,12H2. The molecule has 4 heteroatoms. The van der Waals surface area contributed by atoms with E-state index in [1.807, 2.05) is 18.2 Å². The molecule has 0 unspecified atom stereocenters. The van der Waals surface area contributed by atoms with Crippen LogP contribution < -0.4 is 5.73 Å². The minimum absolute atomic E-state index is 0.225. The minimum atomic E-state index is 0.225. The van der Waals surface area contributed by atoms with Gasteiger partial charge in [-0.05, 0) is 18.6 Å². The van der Waals surface area contributed by atoms with Crippen LogP contribution in [0.25, 0.3) is 0 Å². The van der Waals surface area contributed by atoms with Gasteiger partial charge in [-0.2, -0.15) is 0 Å². The van der Waals surface area contributed by atoms with E-state index in [1.165, 1.54) is 0 Å². The molecule has 0 amide bonds. The van der Waals surface area contributed by atoms with Gasteiger partial charge in [-0.25, -0.2) is 0 Å². The molecule has 1 aromatic rings. The van der Waals surface area contributed by atoms with Crippen LogP contribution in [0, 0.1) is 0 Å². The number of pyridine rings is 1. The van der Waals surface area contributed by atoms with E-state index in [0.29, 0.717) is 6.54 Å². The molecule has 0 radical (unpaired) electrons. The molecule has 3 N–H and O–H groups in total. The quantitative estimate of drug-likeness (QED) is 0.674. The highest BCUT2D eigenvalue weighted by molar-refractivity contribution is 5.03. The number of nitrogens with two attached hydrogens (primary N) is 1. The number of hydrogen-bond acceptors (Lipinski definition) is 4. The van der Waals surface area contributed by atoms with Crippen LogP contribution in [0.2, 0.25) is 0 Å². The van der Waals surface area contributed by atoms with Crippen molar-refractivity contribution in [1.82, 2.24) is 9.88 Å². The highest BCUT2D eigenvalue weighted by Gasteiger charge is 2.04. The highest BCUT2D eigenvalue weighted by Crippen LogP contribution is 2.01. The number of aliphatic hydroxyl groups is 1. The van der Waals surface area contributed by atoms with E-state index >= 15 is 0 Å². The molecule has 0 aliphatic heterocycles. The Kier molecular flexibility index (Phi) is 5.92. The van der Waals surface area contributed by atoms with Gasteiger partial charge in [0.15, 0.2) is 0 Å². The molecule has 15 heavy (non-hydrogen) atoms. The number of rotatable bonds is 7. The van der Waals surface area contributed by atoms with Crippen molar-refractivity contribution >= 4 is 0 Å². The fourth-order valence-corrected chi connectivity index (χ4v) is 1.47. The lowest BCUT2D eigenvalue weighted by Gasteiger charge is -2.20. The zero-order valence-corrected chi connectivity index (χ0v) is 8.97. The third kappa shape index (κ3) is 4.88. The second kappa shape index (κ2) is 7.34. The molecule has 0 fully saturated rings. The van der Waals surface area contributed by atoms with Crippen molar-refractivity contribution < 1.29 is 5.11 Å². The topological polar surface area (TPSA) is 62.4 Å². The SMILES string of the molecule is NCCN(CCCO)Cc1ccccn1. The van der Waals surface area contributed by atoms with Crippen LogP contribution in [0.4, 0.5) is 0 Å². The van der Waals surface area contributed by atoms with Gasteiger partial charge in [-0.3, -0.25) is 9.88 Å². The molecular formula is C11H19N3O. The Morgan fingerprint density at radius 1 is 1.33 bits per heavy atom. The number of aromatic nitrogens is 1. The third-order valence-electron chi connectivity index (χ3n) is 2.19. The van der Waals surface area contributed by atoms with Gasteiger partial charge in [0, 0.05) is 39.0 Å². The lowest BCUT2D eigenvalue weighted by Crippen LogP contribution is -2.30. The lowest BCUT2D eigenvalue weighted by atomic mass is 10.3. The van der Waals surface area contributed by atoms with E-state index in [-0.39, 0.29) is 6.61 Å². The van der Waals surface area contributed by atoms with E-state index in [4.69, 9.17) is 10.8 Å². The first-order valence-electron chi connectivity index (χ1n) is 5.30. The van der Waals surface area contributed by atoms with Crippen LogP contribution in [0.1, 0.15) is 12.1 Å². The van der Waals surface area contributed by atoms with Crippen LogP contribution in [-0.4, -0.2) is 41.2 Å². The Labute approximate surface area is 90.7 Å². The Morgan fingerprint density at radius 3 is 2.80 bits per heavy atom. The Morgan fingerprint density at radius 2 is 2.20 bits per heavy atom. The molecule has 0 aromatic carbocycles. The largest absolute Gasteiger partial charge is 0.396 e. The normalized spacial score (nSPS) is 10.9. The van der Waals surface area contributed by atoms with Crippen molar-refractivity contribution in [3.63, 3.8) is 0 Å². The summed E-state index contributed by atoms with van der Waals surface area (Å²) in [4.78, 5) is 6.47. The summed E-state index contributed by atoms with van der Waals surface area (Å²) in [6.45, 7) is 3.38. The molecular weight excluding hydrogens is 190 g/mol. The smallest absolute Gasteiger partial charge is 0.0543 e. The fourth-order valence-electron chi connectivity index (χ4n) is 1.47. The van der Waals surface area contributed by atoms with Gasteiger partial charge >= 0.3 is 0 Å². The summed E-state index contributed by atoms with van der Waals surface area (Å²) in [6.07, 6.45) is 2.58. The number of hydrogen-bond donors (Lipinski definition) is 2. The molecule has 0 aliphatic rings. The van der Waals surface area contributed by atoms with Crippen molar-refractivity contribution in [3.8, 4) is 0 Å². The summed E-state index contributed by atoms with van der Waals surface area (Å²) in [5, 5.41) is 8.78. The summed E-state index contributed by atoms with van der Waals surface area (Å²) in [7, 11) is 0. The molecule has 4 nitrogen and oxygen atoms in total. The first-order valence-corrected chi connectivity index (χ1v) is 5.30. The first kappa shape index (κ1) is 12.1. The summed E-state index contributed by atoms with van der Waals surface area (Å²) in [5.74, 6) is 0. The van der Waals surface area contributed by atoms with E-state index in [2.05, 4.69) is 9.88 Å². The zero-order valence-electron chi connectivity index (χ0n) is 8.97. The Bertz CT molecular complexity index is 253. The maximum absolute atomic E-state index is 8.78. The second-order valence-corrected chi connectivity index (χ2v) is 3.46. The molecule has 0 bridgehead atoms. The summed E-state index contributed by atoms with van der Waals surface area (Å²) in [6, 6.07) is 5.89. The average molecular weight is 209 g/mol. The molecule has 1 heterocycles. The predicted molar refractivity (Wildman–Crippen MR) is 60.3 cm³/mol. The van der Waals surface area contributed by atoms with Gasteiger partial charge in [0.25, 0.3) is 0 Å². The van der Waals surface area contributed by atoms with Crippen LogP contribution >= 0.6 is 0 Å². The fraction of sp³-hybridized carbons (Fsp3) is 0.545. The predicted octanol–water partition coefficient (Wildman–Crippen LogP) is 0.225. The average Bonchev–Trinajstić information content (AvgIpc) is 2.28. The van der Waals surface area contributed by atoms with Crippen LogP contribution in [0.3, 0.4) is 0 Å². The Balaban J connectivity index is 2.43. The minimum Gasteiger partial charge on any atom is -0.396 e. The van der Waals surface area contributed by atoms with Crippen molar-refractivity contribution in [2.45, 2.75) is 13.0 Å². The van der Waals surface area contributed by atoms with Gasteiger partial charge in [-0.1, -0.05) is 6.07 Å². The van der Waals surface area contributed by atoms with Crippen molar-refractivity contribution in [1.29, 1.82) is 0 Å². The first-order chi connectivity index (χ1) is 7.36. The molecule has 0 saturated carbocycles. The van der Waals surface area contributed by atoms with Gasteiger partial charge in [-0.15, -0.1) is 0 Å². The van der Waals surface area contributed by atoms with Gasteiger partial charge < -0.3 is 10.8 Å². The maximum Gasteiger partial charge on any atom is 0.0543 e. The molecule has 0 atom stereocenters. The number of aliphatic hydroxyl groups excluding tert-OH is 1. The summed E-state index contributed by atoms with van der Waals surface area (Å²) < 4.78 is 0. The highest BCUT2D eigenvalue weighted by atomic mass is 16.3. The maximum atomic E-state index is 8.78. The summed E-state index contributed by atoms with van der Waals surface area (Å²) in [5.41, 5.74) is 6.58. The molecule has 0 aliphatic carbocycles. The van der Waals surface area contributed by atoms with E-state index in [0.717, 1.165) is 31.7 Å². The van der Waals surface area contributed by atoms with Gasteiger partial charge in [0.2, 0.25) is 0 Å². The third-order valence-corrected chi connectivity index (χ3v) is 2.19. The van der Waals surface area contributed by atoms with Crippen LogP contribution in [0.5, 0.6) is 0 Å². The van der Waals surface area contributed by atoms with Gasteiger partial charge in [0.05, 0.1) is 5.69 Å². The molecule has 1 rings (SSSR count). The van der Waals surface area contributed by atoms with Crippen LogP contribution in [-0.2, 0) is 6.54 Å². The Hall–Kier alpha value is -0.970. The second-order valence-electron chi connectivity index (χ2n) is 3.46. The van der Waals surface area contributed by atoms with Crippen LogP contribution in [0.15, 0.2) is 24.4 Å². The lowest BCUT2D eigenvalue weighted by molar-refractivity contribution is 0.220. The molecule has 84 valence electrons. The van der Waals surface area contributed by atoms with Gasteiger partial charge in [0.1, 0.15) is 0 Å². The van der Waals surface area contributed by atoms with Crippen molar-refractivity contribution in [2.75, 3.05) is 26.2 Å². The monoisotopic (exact) mass is 209 g/mol. The van der Waals surface area contributed by atoms with E-state index in [1.54, 1.807) is 6.20 Å². The van der Waals surface area contributed by atoms with Crippen molar-refractivity contribution in [3.05, 3.63) is 30.1 Å². The summed E-state index contributed by atoms with van der Waals surface area (Å²) >= 11 is 0. The van der Waals surface area contributed by atoms with Crippen molar-refractivity contribution in [2.24, 2.45) is 5.73 Å².